The van der Waals surface area contributed by atoms with Gasteiger partial charge in [-0.1, -0.05) is 11.6 Å². The average Bonchev–Trinajstić information content (AvgIpc) is 1.95. The predicted molar refractivity (Wildman–Crippen MR) is 46.3 cm³/mol. The third-order valence-electron chi connectivity index (χ3n) is 1.13. The fourth-order valence-corrected chi connectivity index (χ4v) is 1.43. The molecule has 0 unspecified atom stereocenters. The molecule has 11 heavy (non-hydrogen) atoms. The van der Waals surface area contributed by atoms with Gasteiger partial charge in [-0.15, -0.1) is 0 Å². The maximum Gasteiger partial charge on any atom is 0.0786 e. The first-order valence-electron chi connectivity index (χ1n) is 2.91. The van der Waals surface area contributed by atoms with E-state index in [9.17, 15) is 0 Å². The topological polar surface area (TPSA) is 36.7 Å². The fraction of sp³-hybridized carbons (Fsp3) is 0.143. The van der Waals surface area contributed by atoms with Crippen LogP contribution in [0.1, 0.15) is 5.69 Å². The Morgan fingerprint density at radius 2 is 2.45 bits per heavy atom. The molecule has 0 fully saturated rings. The van der Waals surface area contributed by atoms with E-state index >= 15 is 0 Å². The molecule has 0 aliphatic heterocycles. The van der Waals surface area contributed by atoms with E-state index in [1.807, 2.05) is 6.07 Å². The van der Waals surface area contributed by atoms with Crippen molar-refractivity contribution in [3.05, 3.63) is 27.5 Å². The Bertz CT molecular complexity index is 306. The Morgan fingerprint density at radius 3 is 3.00 bits per heavy atom. The Kier molecular flexibility index (Phi) is 2.86. The highest BCUT2D eigenvalue weighted by molar-refractivity contribution is 9.10. The molecular formula is C7H4BrClN2. The lowest BCUT2D eigenvalue weighted by Crippen LogP contribution is -1.88. The quantitative estimate of drug-likeness (QED) is 0.745. The van der Waals surface area contributed by atoms with Gasteiger partial charge in [0.25, 0.3) is 0 Å². The summed E-state index contributed by atoms with van der Waals surface area (Å²) in [7, 11) is 0. The van der Waals surface area contributed by atoms with Crippen molar-refractivity contribution in [1.82, 2.24) is 4.98 Å². The summed E-state index contributed by atoms with van der Waals surface area (Å²) in [5.41, 5.74) is 0.719. The number of pyridine rings is 1. The molecule has 1 aromatic heterocycles. The van der Waals surface area contributed by atoms with E-state index in [2.05, 4.69) is 20.9 Å². The molecule has 0 saturated carbocycles. The van der Waals surface area contributed by atoms with E-state index in [0.29, 0.717) is 11.4 Å². The maximum absolute atomic E-state index is 8.37. The summed E-state index contributed by atoms with van der Waals surface area (Å²) in [6.07, 6.45) is 1.83. The highest BCUT2D eigenvalue weighted by Gasteiger charge is 2.00. The average molecular weight is 231 g/mol. The van der Waals surface area contributed by atoms with Crippen molar-refractivity contribution in [1.29, 1.82) is 5.26 Å². The van der Waals surface area contributed by atoms with Crippen LogP contribution in [0.25, 0.3) is 0 Å². The highest BCUT2D eigenvalue weighted by atomic mass is 79.9. The molecule has 0 saturated heterocycles. The molecule has 0 aliphatic carbocycles. The van der Waals surface area contributed by atoms with Gasteiger partial charge in [-0.2, -0.15) is 5.26 Å². The first kappa shape index (κ1) is 8.51. The highest BCUT2D eigenvalue weighted by Crippen LogP contribution is 2.18. The Balaban J connectivity index is 3.01. The van der Waals surface area contributed by atoms with Crippen molar-refractivity contribution >= 4 is 27.5 Å². The van der Waals surface area contributed by atoms with Gasteiger partial charge in [0, 0.05) is 10.7 Å². The number of hydrogen-bond acceptors (Lipinski definition) is 2. The van der Waals surface area contributed by atoms with Crippen LogP contribution in [0.3, 0.4) is 0 Å². The molecule has 1 aromatic rings. The third-order valence-corrected chi connectivity index (χ3v) is 2.02. The van der Waals surface area contributed by atoms with E-state index in [0.717, 1.165) is 10.2 Å². The number of rotatable bonds is 1. The van der Waals surface area contributed by atoms with Crippen molar-refractivity contribution < 1.29 is 0 Å². The van der Waals surface area contributed by atoms with Crippen molar-refractivity contribution in [3.63, 3.8) is 0 Å². The monoisotopic (exact) mass is 230 g/mol. The van der Waals surface area contributed by atoms with Crippen LogP contribution in [0.5, 0.6) is 0 Å². The summed E-state index contributed by atoms with van der Waals surface area (Å²) >= 11 is 8.89. The van der Waals surface area contributed by atoms with Crippen LogP contribution < -0.4 is 0 Å². The van der Waals surface area contributed by atoms with Gasteiger partial charge < -0.3 is 0 Å². The number of nitrogens with zero attached hydrogens (tertiary/aromatic N) is 2. The second-order valence-electron chi connectivity index (χ2n) is 1.92. The molecule has 1 rings (SSSR count). The lowest BCUT2D eigenvalue weighted by Gasteiger charge is -1.97. The molecule has 0 aliphatic rings. The molecule has 56 valence electrons. The van der Waals surface area contributed by atoms with Crippen LogP contribution >= 0.6 is 27.5 Å². The van der Waals surface area contributed by atoms with E-state index < -0.39 is 0 Å². The summed E-state index contributed by atoms with van der Waals surface area (Å²) in [6, 6.07) is 3.73. The van der Waals surface area contributed by atoms with E-state index in [-0.39, 0.29) is 0 Å². The number of nitriles is 1. The van der Waals surface area contributed by atoms with Crippen molar-refractivity contribution in [2.24, 2.45) is 0 Å². The number of hydrogen-bond donors (Lipinski definition) is 0. The maximum atomic E-state index is 8.37. The lowest BCUT2D eigenvalue weighted by atomic mass is 10.3. The van der Waals surface area contributed by atoms with Crippen LogP contribution in [0, 0.1) is 11.3 Å². The Hall–Kier alpha value is -0.590. The number of aromatic nitrogens is 1. The molecule has 0 bridgehead atoms. The van der Waals surface area contributed by atoms with Crippen LogP contribution in [0.15, 0.2) is 16.7 Å². The second kappa shape index (κ2) is 3.70. The minimum Gasteiger partial charge on any atom is -0.257 e. The summed E-state index contributed by atoms with van der Waals surface area (Å²) < 4.78 is 0.784. The zero-order valence-electron chi connectivity index (χ0n) is 5.51. The molecule has 0 spiro atoms. The van der Waals surface area contributed by atoms with E-state index in [1.54, 1.807) is 6.07 Å². The van der Waals surface area contributed by atoms with Crippen LogP contribution in [0.4, 0.5) is 0 Å². The van der Waals surface area contributed by atoms with Gasteiger partial charge in [-0.3, -0.25) is 4.98 Å². The standard InChI is InChI=1S/C7H4BrClN2/c8-6-3-5(9)4-11-7(6)1-2-10/h3-4H,1H2. The number of halogens is 2. The van der Waals surface area contributed by atoms with Gasteiger partial charge in [0.1, 0.15) is 0 Å². The van der Waals surface area contributed by atoms with Gasteiger partial charge in [-0.05, 0) is 22.0 Å². The van der Waals surface area contributed by atoms with Crippen molar-refractivity contribution in [3.8, 4) is 6.07 Å². The normalized spacial score (nSPS) is 9.18. The minimum atomic E-state index is 0.303. The predicted octanol–water partition coefficient (Wildman–Crippen LogP) is 2.56. The summed E-state index contributed by atoms with van der Waals surface area (Å²) in [4.78, 5) is 3.97. The van der Waals surface area contributed by atoms with Crippen LogP contribution in [-0.4, -0.2) is 4.98 Å². The smallest absolute Gasteiger partial charge is 0.0786 e. The molecule has 2 nitrogen and oxygen atoms in total. The van der Waals surface area contributed by atoms with Crippen LogP contribution in [0.2, 0.25) is 5.02 Å². The third kappa shape index (κ3) is 2.18. The van der Waals surface area contributed by atoms with Gasteiger partial charge in [-0.25, -0.2) is 0 Å². The molecule has 1 heterocycles. The Morgan fingerprint density at radius 1 is 1.73 bits per heavy atom. The van der Waals surface area contributed by atoms with E-state index in [1.165, 1.54) is 6.20 Å². The summed E-state index contributed by atoms with van der Waals surface area (Å²) in [6.45, 7) is 0. The van der Waals surface area contributed by atoms with E-state index in [4.69, 9.17) is 16.9 Å². The fourth-order valence-electron chi connectivity index (χ4n) is 0.648. The molecule has 0 atom stereocenters. The summed E-state index contributed by atoms with van der Waals surface area (Å²) in [5, 5.41) is 8.94. The lowest BCUT2D eigenvalue weighted by molar-refractivity contribution is 1.10. The zero-order chi connectivity index (χ0) is 8.27. The first-order chi connectivity index (χ1) is 5.24. The molecule has 0 N–H and O–H groups in total. The molecule has 0 radical (unpaired) electrons. The molecule has 0 aromatic carbocycles. The van der Waals surface area contributed by atoms with Crippen molar-refractivity contribution in [2.45, 2.75) is 6.42 Å². The SMILES string of the molecule is N#CCc1ncc(Cl)cc1Br. The largest absolute Gasteiger partial charge is 0.257 e. The van der Waals surface area contributed by atoms with Gasteiger partial charge >= 0.3 is 0 Å². The second-order valence-corrected chi connectivity index (χ2v) is 3.21. The Labute approximate surface area is 77.9 Å². The van der Waals surface area contributed by atoms with Gasteiger partial charge in [0.15, 0.2) is 0 Å². The first-order valence-corrected chi connectivity index (χ1v) is 4.08. The zero-order valence-corrected chi connectivity index (χ0v) is 7.85. The van der Waals surface area contributed by atoms with Crippen molar-refractivity contribution in [2.75, 3.05) is 0 Å². The van der Waals surface area contributed by atoms with Gasteiger partial charge in [0.05, 0.1) is 23.2 Å². The minimum absolute atomic E-state index is 0.303. The molecule has 4 heteroatoms. The molecule has 0 amide bonds. The summed E-state index contributed by atoms with van der Waals surface area (Å²) in [5.74, 6) is 0. The molecular weight excluding hydrogens is 227 g/mol. The van der Waals surface area contributed by atoms with Gasteiger partial charge in [0.2, 0.25) is 0 Å². The van der Waals surface area contributed by atoms with Crippen LogP contribution in [-0.2, 0) is 6.42 Å².